The lowest BCUT2D eigenvalue weighted by Gasteiger charge is -2.45. The highest BCUT2D eigenvalue weighted by atomic mass is 32.1. The van der Waals surface area contributed by atoms with E-state index in [1.165, 1.54) is 0 Å². The summed E-state index contributed by atoms with van der Waals surface area (Å²) in [4.78, 5) is 4.88. The summed E-state index contributed by atoms with van der Waals surface area (Å²) in [7, 11) is 4.07. The van der Waals surface area contributed by atoms with Crippen molar-refractivity contribution in [1.82, 2.24) is 20.0 Å². The van der Waals surface area contributed by atoms with Gasteiger partial charge < -0.3 is 5.32 Å². The molecule has 1 aliphatic heterocycles. The number of hydrogen-bond donors (Lipinski definition) is 1. The van der Waals surface area contributed by atoms with E-state index >= 15 is 0 Å². The second-order valence-electron chi connectivity index (χ2n) is 5.20. The van der Waals surface area contributed by atoms with Crippen LogP contribution >= 0.6 is 11.3 Å². The zero-order chi connectivity index (χ0) is 12.5. The molecule has 0 aromatic carbocycles. The van der Waals surface area contributed by atoms with Crippen molar-refractivity contribution >= 4 is 16.5 Å². The summed E-state index contributed by atoms with van der Waals surface area (Å²) in [5, 5.41) is 13.3. The molecule has 2 rings (SSSR count). The number of anilines is 1. The topological polar surface area (TPSA) is 44.3 Å². The fourth-order valence-electron chi connectivity index (χ4n) is 2.09. The molecule has 0 amide bonds. The van der Waals surface area contributed by atoms with Gasteiger partial charge in [0, 0.05) is 32.2 Å². The van der Waals surface area contributed by atoms with Gasteiger partial charge in [-0.25, -0.2) is 0 Å². The van der Waals surface area contributed by atoms with E-state index in [-0.39, 0.29) is 5.54 Å². The third-order valence-electron chi connectivity index (χ3n) is 3.44. The third kappa shape index (κ3) is 2.94. The minimum atomic E-state index is 0.245. The van der Waals surface area contributed by atoms with E-state index in [2.05, 4.69) is 46.2 Å². The second kappa shape index (κ2) is 4.88. The Kier molecular flexibility index (Phi) is 3.65. The Balaban J connectivity index is 1.96. The van der Waals surface area contributed by atoms with Crippen LogP contribution in [0.3, 0.4) is 0 Å². The Bertz CT molecular complexity index is 376. The van der Waals surface area contributed by atoms with Gasteiger partial charge in [-0.05, 0) is 20.9 Å². The van der Waals surface area contributed by atoms with Crippen LogP contribution in [0, 0.1) is 0 Å². The first-order valence-electron chi connectivity index (χ1n) is 5.95. The van der Waals surface area contributed by atoms with E-state index in [9.17, 15) is 0 Å². The molecule has 1 aromatic heterocycles. The molecule has 96 valence electrons. The number of likely N-dealkylation sites (N-methyl/N-ethyl adjacent to an activating group) is 1. The third-order valence-corrected chi connectivity index (χ3v) is 4.36. The molecule has 1 fully saturated rings. The fraction of sp³-hybridized carbons (Fsp3) is 0.818. The highest BCUT2D eigenvalue weighted by molar-refractivity contribution is 7.15. The molecule has 0 bridgehead atoms. The summed E-state index contributed by atoms with van der Waals surface area (Å²) >= 11 is 1.64. The summed E-state index contributed by atoms with van der Waals surface area (Å²) in [5.41, 5.74) is 0.245. The van der Waals surface area contributed by atoms with Gasteiger partial charge in [-0.1, -0.05) is 11.3 Å². The van der Waals surface area contributed by atoms with Gasteiger partial charge in [0.05, 0.1) is 6.54 Å². The van der Waals surface area contributed by atoms with E-state index in [0.717, 1.165) is 36.3 Å². The van der Waals surface area contributed by atoms with E-state index in [1.807, 2.05) is 7.05 Å². The Morgan fingerprint density at radius 2 is 2.12 bits per heavy atom. The van der Waals surface area contributed by atoms with Crippen molar-refractivity contribution in [2.45, 2.75) is 25.9 Å². The summed E-state index contributed by atoms with van der Waals surface area (Å²) in [6.07, 6.45) is 0. The maximum atomic E-state index is 4.20. The van der Waals surface area contributed by atoms with Gasteiger partial charge in [0.25, 0.3) is 0 Å². The average molecular weight is 255 g/mol. The van der Waals surface area contributed by atoms with Crippen molar-refractivity contribution in [3.05, 3.63) is 5.01 Å². The average Bonchev–Trinajstić information content (AvgIpc) is 2.71. The van der Waals surface area contributed by atoms with Crippen molar-refractivity contribution in [2.24, 2.45) is 0 Å². The first-order valence-corrected chi connectivity index (χ1v) is 6.76. The Morgan fingerprint density at radius 3 is 2.71 bits per heavy atom. The largest absolute Gasteiger partial charge is 0.363 e. The monoisotopic (exact) mass is 255 g/mol. The van der Waals surface area contributed by atoms with Gasteiger partial charge in [0.15, 0.2) is 0 Å². The zero-order valence-electron chi connectivity index (χ0n) is 11.0. The van der Waals surface area contributed by atoms with Crippen molar-refractivity contribution in [1.29, 1.82) is 0 Å². The zero-order valence-corrected chi connectivity index (χ0v) is 11.8. The van der Waals surface area contributed by atoms with Crippen LogP contribution in [0.2, 0.25) is 0 Å². The SMILES string of the molecule is CNc1nnc(CN2CCN(C)C(C)(C)C2)s1. The number of aromatic nitrogens is 2. The molecule has 0 aliphatic carbocycles. The van der Waals surface area contributed by atoms with Gasteiger partial charge in [-0.2, -0.15) is 0 Å². The standard InChI is InChI=1S/C11H21N5S/c1-11(2)8-16(6-5-15(11)4)7-9-13-14-10(12-3)17-9/h5-8H2,1-4H3,(H,12,14). The maximum Gasteiger partial charge on any atom is 0.205 e. The van der Waals surface area contributed by atoms with E-state index in [0.29, 0.717) is 0 Å². The van der Waals surface area contributed by atoms with Crippen molar-refractivity contribution in [3.63, 3.8) is 0 Å². The van der Waals surface area contributed by atoms with Crippen LogP contribution in [0.15, 0.2) is 0 Å². The number of nitrogens with one attached hydrogen (secondary N) is 1. The molecular weight excluding hydrogens is 234 g/mol. The van der Waals surface area contributed by atoms with E-state index in [4.69, 9.17) is 0 Å². The number of nitrogens with zero attached hydrogens (tertiary/aromatic N) is 4. The molecule has 0 radical (unpaired) electrons. The minimum absolute atomic E-state index is 0.245. The lowest BCUT2D eigenvalue weighted by molar-refractivity contribution is 0.0359. The highest BCUT2D eigenvalue weighted by Crippen LogP contribution is 2.22. The Hall–Kier alpha value is -0.720. The summed E-state index contributed by atoms with van der Waals surface area (Å²) < 4.78 is 0. The molecule has 2 heterocycles. The predicted molar refractivity (Wildman–Crippen MR) is 71.4 cm³/mol. The van der Waals surface area contributed by atoms with Gasteiger partial charge in [-0.3, -0.25) is 9.80 Å². The number of rotatable bonds is 3. The molecule has 17 heavy (non-hydrogen) atoms. The lowest BCUT2D eigenvalue weighted by atomic mass is 10.00. The quantitative estimate of drug-likeness (QED) is 0.876. The Labute approximate surface area is 107 Å². The van der Waals surface area contributed by atoms with E-state index in [1.54, 1.807) is 11.3 Å². The van der Waals surface area contributed by atoms with Crippen LogP contribution in [0.25, 0.3) is 0 Å². The molecule has 6 heteroatoms. The Morgan fingerprint density at radius 1 is 1.35 bits per heavy atom. The highest BCUT2D eigenvalue weighted by Gasteiger charge is 2.31. The predicted octanol–water partition coefficient (Wildman–Crippen LogP) is 1.11. The molecule has 0 saturated carbocycles. The first kappa shape index (κ1) is 12.7. The molecule has 1 saturated heterocycles. The number of hydrogen-bond acceptors (Lipinski definition) is 6. The smallest absolute Gasteiger partial charge is 0.205 e. The van der Waals surface area contributed by atoms with Gasteiger partial charge in [0.1, 0.15) is 5.01 Å². The van der Waals surface area contributed by atoms with Gasteiger partial charge in [0.2, 0.25) is 5.13 Å². The molecule has 5 nitrogen and oxygen atoms in total. The van der Waals surface area contributed by atoms with Crippen LogP contribution in [0.5, 0.6) is 0 Å². The molecule has 1 N–H and O–H groups in total. The normalized spacial score (nSPS) is 21.6. The fourth-order valence-corrected chi connectivity index (χ4v) is 2.82. The van der Waals surface area contributed by atoms with Crippen LogP contribution in [-0.2, 0) is 6.54 Å². The van der Waals surface area contributed by atoms with Gasteiger partial charge >= 0.3 is 0 Å². The second-order valence-corrected chi connectivity index (χ2v) is 6.26. The van der Waals surface area contributed by atoms with Crippen molar-refractivity contribution in [3.8, 4) is 0 Å². The van der Waals surface area contributed by atoms with Crippen LogP contribution in [-0.4, -0.2) is 59.3 Å². The molecule has 0 atom stereocenters. The summed E-state index contributed by atoms with van der Waals surface area (Å²) in [5.74, 6) is 0. The van der Waals surface area contributed by atoms with Crippen LogP contribution in [0.1, 0.15) is 18.9 Å². The van der Waals surface area contributed by atoms with Crippen LogP contribution in [0.4, 0.5) is 5.13 Å². The van der Waals surface area contributed by atoms with Gasteiger partial charge in [-0.15, -0.1) is 10.2 Å². The number of piperazine rings is 1. The molecular formula is C11H21N5S. The maximum absolute atomic E-state index is 4.20. The molecule has 0 unspecified atom stereocenters. The molecule has 1 aliphatic rings. The van der Waals surface area contributed by atoms with Crippen LogP contribution < -0.4 is 5.32 Å². The lowest BCUT2D eigenvalue weighted by Crippen LogP contribution is -2.57. The summed E-state index contributed by atoms with van der Waals surface area (Å²) in [6.45, 7) is 8.80. The van der Waals surface area contributed by atoms with E-state index < -0.39 is 0 Å². The summed E-state index contributed by atoms with van der Waals surface area (Å²) in [6, 6.07) is 0. The first-order chi connectivity index (χ1) is 8.01. The molecule has 1 aromatic rings. The van der Waals surface area contributed by atoms with Crippen molar-refractivity contribution < 1.29 is 0 Å². The minimum Gasteiger partial charge on any atom is -0.363 e. The molecule has 0 spiro atoms. The van der Waals surface area contributed by atoms with Crippen molar-refractivity contribution in [2.75, 3.05) is 39.0 Å².